The maximum absolute atomic E-state index is 14.0. The Morgan fingerprint density at radius 2 is 1.49 bits per heavy atom. The molecule has 5 rings (SSSR count). The first-order valence-corrected chi connectivity index (χ1v) is 17.7. The lowest BCUT2D eigenvalue weighted by molar-refractivity contribution is -0.134. The van der Waals surface area contributed by atoms with Gasteiger partial charge in [0.1, 0.15) is 6.04 Å². The molecule has 0 aromatic heterocycles. The molecule has 45 heavy (non-hydrogen) atoms. The second kappa shape index (κ2) is 15.6. The zero-order valence-corrected chi connectivity index (χ0v) is 29.0. The number of urea groups is 1. The summed E-state index contributed by atoms with van der Waals surface area (Å²) in [6, 6.07) is 10.2. The van der Waals surface area contributed by atoms with Gasteiger partial charge in [0.2, 0.25) is 5.91 Å². The molecule has 0 bridgehead atoms. The molecule has 1 atom stereocenters. The van der Waals surface area contributed by atoms with Crippen LogP contribution in [-0.2, 0) is 11.2 Å². The highest BCUT2D eigenvalue weighted by molar-refractivity contribution is 9.11. The average Bonchev–Trinajstić information content (AvgIpc) is 3.04. The molecule has 10 nitrogen and oxygen atoms in total. The Kier molecular flexibility index (Phi) is 11.7. The van der Waals surface area contributed by atoms with E-state index in [9.17, 15) is 14.4 Å². The van der Waals surface area contributed by atoms with Gasteiger partial charge in [0, 0.05) is 59.8 Å². The van der Waals surface area contributed by atoms with Crippen LogP contribution in [0.2, 0.25) is 0 Å². The quantitative estimate of drug-likeness (QED) is 0.272. The number of benzene rings is 2. The van der Waals surface area contributed by atoms with Gasteiger partial charge in [-0.25, -0.2) is 4.79 Å². The van der Waals surface area contributed by atoms with E-state index < -0.39 is 11.9 Å². The van der Waals surface area contributed by atoms with E-state index in [0.717, 1.165) is 33.9 Å². The Bertz CT molecular complexity index is 1330. The third-order valence-electron chi connectivity index (χ3n) is 9.40. The number of amides is 4. The van der Waals surface area contributed by atoms with Gasteiger partial charge in [0.25, 0.3) is 5.91 Å². The highest BCUT2D eigenvalue weighted by Crippen LogP contribution is 2.30. The molecular weight excluding hydrogens is 702 g/mol. The number of hydrogen-bond donors (Lipinski definition) is 4. The second-order valence-corrected chi connectivity index (χ2v) is 14.3. The Hall–Kier alpha value is -2.83. The van der Waals surface area contributed by atoms with Gasteiger partial charge in [-0.05, 0) is 119 Å². The minimum Gasteiger partial charge on any atom is -0.397 e. The number of nitrogens with two attached hydrogens (primary N) is 2. The summed E-state index contributed by atoms with van der Waals surface area (Å²) in [6.07, 6.45) is 7.66. The van der Waals surface area contributed by atoms with Crippen LogP contribution in [0.1, 0.15) is 60.9 Å². The minimum atomic E-state index is -0.697. The first-order chi connectivity index (χ1) is 21.7. The van der Waals surface area contributed by atoms with Crippen LogP contribution in [0.15, 0.2) is 45.3 Å². The fourth-order valence-electron chi connectivity index (χ4n) is 6.76. The van der Waals surface area contributed by atoms with Crippen LogP contribution in [0, 0.1) is 5.92 Å². The molecule has 0 spiro atoms. The van der Waals surface area contributed by atoms with E-state index in [1.165, 1.54) is 32.4 Å². The van der Waals surface area contributed by atoms with Crippen molar-refractivity contribution in [2.75, 3.05) is 56.9 Å². The van der Waals surface area contributed by atoms with E-state index in [-0.39, 0.29) is 18.0 Å². The van der Waals surface area contributed by atoms with Crippen LogP contribution >= 0.6 is 31.9 Å². The van der Waals surface area contributed by atoms with Crippen LogP contribution in [0.4, 0.5) is 16.2 Å². The molecule has 3 heterocycles. The Morgan fingerprint density at radius 3 is 2.13 bits per heavy atom. The predicted octanol–water partition coefficient (Wildman–Crippen LogP) is 4.81. The van der Waals surface area contributed by atoms with Crippen molar-refractivity contribution < 1.29 is 14.4 Å². The molecule has 4 amide bonds. The zero-order valence-electron chi connectivity index (χ0n) is 25.8. The van der Waals surface area contributed by atoms with E-state index in [2.05, 4.69) is 47.4 Å². The van der Waals surface area contributed by atoms with Crippen LogP contribution in [0.3, 0.4) is 0 Å². The Morgan fingerprint density at radius 1 is 0.867 bits per heavy atom. The Balaban J connectivity index is 1.20. The summed E-state index contributed by atoms with van der Waals surface area (Å²) >= 11 is 7.04. The molecule has 3 aliphatic heterocycles. The predicted molar refractivity (Wildman–Crippen MR) is 185 cm³/mol. The molecule has 2 aromatic rings. The van der Waals surface area contributed by atoms with E-state index in [1.54, 1.807) is 17.0 Å². The van der Waals surface area contributed by atoms with Crippen molar-refractivity contribution in [3.05, 3.63) is 56.5 Å². The normalized spacial score (nSPS) is 19.2. The molecule has 0 radical (unpaired) electrons. The van der Waals surface area contributed by atoms with E-state index in [0.29, 0.717) is 68.3 Å². The van der Waals surface area contributed by atoms with Crippen LogP contribution in [0.5, 0.6) is 0 Å². The number of piperidine rings is 3. The molecule has 3 fully saturated rings. The second-order valence-electron chi connectivity index (χ2n) is 12.6. The third-order valence-corrected chi connectivity index (χ3v) is 10.7. The molecule has 2 aromatic carbocycles. The largest absolute Gasteiger partial charge is 0.397 e. The first kappa shape index (κ1) is 33.5. The van der Waals surface area contributed by atoms with E-state index in [1.807, 2.05) is 29.2 Å². The molecule has 6 N–H and O–H groups in total. The number of hydrogen-bond acceptors (Lipinski definition) is 6. The molecule has 0 saturated carbocycles. The highest BCUT2D eigenvalue weighted by atomic mass is 79.9. The summed E-state index contributed by atoms with van der Waals surface area (Å²) in [4.78, 5) is 45.7. The summed E-state index contributed by atoms with van der Waals surface area (Å²) in [5.74, 6) is 0.0921. The number of nitrogens with one attached hydrogen (secondary N) is 2. The highest BCUT2D eigenvalue weighted by Gasteiger charge is 2.32. The number of halogens is 2. The lowest BCUT2D eigenvalue weighted by Gasteiger charge is -2.38. The van der Waals surface area contributed by atoms with Gasteiger partial charge in [-0.2, -0.15) is 0 Å². The lowest BCUT2D eigenvalue weighted by Crippen LogP contribution is -2.56. The van der Waals surface area contributed by atoms with Gasteiger partial charge >= 0.3 is 6.03 Å². The van der Waals surface area contributed by atoms with Gasteiger partial charge in [-0.15, -0.1) is 0 Å². The summed E-state index contributed by atoms with van der Waals surface area (Å²) in [7, 11) is 0. The standard InChI is InChI=1S/C33H45Br2N7O3/c34-26-18-23(19-27(35)30(26)36)20-29(32(44)41-14-8-22(9-15-41)21-40-12-4-1-5-13-40)39-33(45)42-16-10-24(11-17-42)38-28-7-3-2-6-25(28)31(37)43/h2-3,6-7,18-19,22,24,29,38H,1,4-5,8-17,20-21,36H2,(H2,37,43)(H,39,45)/t29-/m1/s1. The van der Waals surface area contributed by atoms with Gasteiger partial charge in [0.05, 0.1) is 11.3 Å². The van der Waals surface area contributed by atoms with Crippen molar-refractivity contribution >= 4 is 61.1 Å². The third kappa shape index (κ3) is 8.92. The molecular formula is C33H45Br2N7O3. The molecule has 244 valence electrons. The summed E-state index contributed by atoms with van der Waals surface area (Å²) < 4.78 is 1.49. The molecule has 3 aliphatic rings. The molecule has 3 saturated heterocycles. The fraction of sp³-hybridized carbons (Fsp3) is 0.545. The van der Waals surface area contributed by atoms with Gasteiger partial charge in [0.15, 0.2) is 0 Å². The van der Waals surface area contributed by atoms with E-state index >= 15 is 0 Å². The van der Waals surface area contributed by atoms with Gasteiger partial charge in [-0.1, -0.05) is 18.6 Å². The number of carbonyl (C=O) groups is 3. The SMILES string of the molecule is NC(=O)c1ccccc1NC1CCN(C(=O)N[C@H](Cc2cc(Br)c(N)c(Br)c2)C(=O)N2CCC(CN3CCCCC3)CC2)CC1. The maximum atomic E-state index is 14.0. The monoisotopic (exact) mass is 745 g/mol. The van der Waals surface area contributed by atoms with Crippen LogP contribution < -0.4 is 22.1 Å². The number of anilines is 2. The van der Waals surface area contributed by atoms with Crippen molar-refractivity contribution in [1.82, 2.24) is 20.0 Å². The number of nitrogen functional groups attached to an aromatic ring is 1. The van der Waals surface area contributed by atoms with E-state index in [4.69, 9.17) is 11.5 Å². The maximum Gasteiger partial charge on any atom is 0.318 e. The summed E-state index contributed by atoms with van der Waals surface area (Å²) in [5, 5.41) is 6.52. The summed E-state index contributed by atoms with van der Waals surface area (Å²) in [6.45, 7) is 5.98. The number of likely N-dealkylation sites (tertiary alicyclic amines) is 3. The van der Waals surface area contributed by atoms with Crippen molar-refractivity contribution in [3.63, 3.8) is 0 Å². The van der Waals surface area contributed by atoms with Crippen LogP contribution in [0.25, 0.3) is 0 Å². The number of rotatable bonds is 9. The van der Waals surface area contributed by atoms with Crippen LogP contribution in [-0.4, -0.2) is 90.4 Å². The molecule has 0 aliphatic carbocycles. The Labute approximate surface area is 282 Å². The topological polar surface area (TPSA) is 137 Å². The van der Waals surface area contributed by atoms with Gasteiger partial charge < -0.3 is 36.8 Å². The first-order valence-electron chi connectivity index (χ1n) is 16.1. The van der Waals surface area contributed by atoms with Crippen molar-refractivity contribution in [2.45, 2.75) is 63.5 Å². The van der Waals surface area contributed by atoms with Gasteiger partial charge in [-0.3, -0.25) is 9.59 Å². The lowest BCUT2D eigenvalue weighted by atomic mass is 9.94. The number of para-hydroxylation sites is 1. The summed E-state index contributed by atoms with van der Waals surface area (Å²) in [5.41, 5.74) is 14.3. The number of nitrogens with zero attached hydrogens (tertiary/aromatic N) is 3. The van der Waals surface area contributed by atoms with Crippen molar-refractivity contribution in [3.8, 4) is 0 Å². The smallest absolute Gasteiger partial charge is 0.318 e. The fourth-order valence-corrected chi connectivity index (χ4v) is 8.05. The number of primary amides is 1. The van der Waals surface area contributed by atoms with Crippen molar-refractivity contribution in [2.24, 2.45) is 11.7 Å². The molecule has 0 unspecified atom stereocenters. The van der Waals surface area contributed by atoms with Crippen molar-refractivity contribution in [1.29, 1.82) is 0 Å². The number of carbonyl (C=O) groups excluding carboxylic acids is 3. The minimum absolute atomic E-state index is 0.0385. The molecule has 12 heteroatoms. The zero-order chi connectivity index (χ0) is 31.9. The average molecular weight is 748 g/mol.